The van der Waals surface area contributed by atoms with Gasteiger partial charge in [0.2, 0.25) is 0 Å². The third kappa shape index (κ3) is 3.96. The number of nitrogens with zero attached hydrogens (tertiary/aromatic N) is 2. The van der Waals surface area contributed by atoms with Gasteiger partial charge in [0, 0.05) is 10.6 Å². The highest BCUT2D eigenvalue weighted by atomic mass is 35.5. The zero-order valence-corrected chi connectivity index (χ0v) is 19.8. The second-order valence-electron chi connectivity index (χ2n) is 7.75. The Bertz CT molecular complexity index is 1480. The van der Waals surface area contributed by atoms with Crippen molar-refractivity contribution in [2.45, 2.75) is 6.04 Å². The van der Waals surface area contributed by atoms with Crippen LogP contribution in [0, 0.1) is 0 Å². The molecule has 0 spiro atoms. The van der Waals surface area contributed by atoms with E-state index in [1.165, 1.54) is 35.5 Å². The maximum absolute atomic E-state index is 13.5. The third-order valence-corrected chi connectivity index (χ3v) is 6.98. The standard InChI is InChI=1S/C26H17ClN2O5S/c1-34-25(33)16-8-6-14(7-9-16)21-20(22(30)15-10-12-17(27)13-11-15)23(31)24(32)29(21)26-28-18-4-2-3-5-19(18)35-26/h2-13,21,31H,1H3. The molecule has 0 aliphatic carbocycles. The number of rotatable bonds is 5. The van der Waals surface area contributed by atoms with Crippen LogP contribution in [0.5, 0.6) is 0 Å². The van der Waals surface area contributed by atoms with E-state index in [9.17, 15) is 19.5 Å². The first kappa shape index (κ1) is 22.8. The average molecular weight is 505 g/mol. The van der Waals surface area contributed by atoms with Crippen molar-refractivity contribution in [2.24, 2.45) is 0 Å². The molecule has 5 rings (SSSR count). The quantitative estimate of drug-likeness (QED) is 0.284. The second kappa shape index (κ2) is 8.98. The molecule has 1 unspecified atom stereocenters. The van der Waals surface area contributed by atoms with Gasteiger partial charge in [0.25, 0.3) is 5.91 Å². The summed E-state index contributed by atoms with van der Waals surface area (Å²) in [7, 11) is 1.28. The predicted molar refractivity (Wildman–Crippen MR) is 133 cm³/mol. The summed E-state index contributed by atoms with van der Waals surface area (Å²) in [5, 5.41) is 11.7. The minimum Gasteiger partial charge on any atom is -0.503 e. The molecule has 7 nitrogen and oxygen atoms in total. The van der Waals surface area contributed by atoms with E-state index < -0.39 is 29.5 Å². The van der Waals surface area contributed by atoms with E-state index in [0.717, 1.165) is 4.70 Å². The van der Waals surface area contributed by atoms with Crippen LogP contribution in [0.15, 0.2) is 84.1 Å². The van der Waals surface area contributed by atoms with Gasteiger partial charge in [-0.3, -0.25) is 14.5 Å². The topological polar surface area (TPSA) is 96.8 Å². The van der Waals surface area contributed by atoms with E-state index in [1.54, 1.807) is 36.4 Å². The summed E-state index contributed by atoms with van der Waals surface area (Å²) in [6.45, 7) is 0. The Kier molecular flexibility index (Phi) is 5.84. The molecule has 2 heterocycles. The summed E-state index contributed by atoms with van der Waals surface area (Å²) in [5.41, 5.74) is 1.71. The lowest BCUT2D eigenvalue weighted by molar-refractivity contribution is -0.117. The van der Waals surface area contributed by atoms with E-state index in [1.807, 2.05) is 24.3 Å². The number of esters is 1. The van der Waals surface area contributed by atoms with Gasteiger partial charge in [-0.1, -0.05) is 47.2 Å². The summed E-state index contributed by atoms with van der Waals surface area (Å²) < 4.78 is 5.61. The highest BCUT2D eigenvalue weighted by Crippen LogP contribution is 2.44. The molecule has 1 aliphatic rings. The van der Waals surface area contributed by atoms with Crippen molar-refractivity contribution in [1.82, 2.24) is 4.98 Å². The van der Waals surface area contributed by atoms with Crippen LogP contribution in [-0.2, 0) is 9.53 Å². The molecule has 4 aromatic rings. The zero-order chi connectivity index (χ0) is 24.7. The normalized spacial score (nSPS) is 15.7. The van der Waals surface area contributed by atoms with Gasteiger partial charge in [0.05, 0.1) is 34.5 Å². The number of anilines is 1. The van der Waals surface area contributed by atoms with Crippen molar-refractivity contribution < 1.29 is 24.2 Å². The Morgan fingerprint density at radius 2 is 1.66 bits per heavy atom. The molecule has 174 valence electrons. The number of Topliss-reactive ketones (excluding diaryl/α,β-unsaturated/α-hetero) is 1. The van der Waals surface area contributed by atoms with Crippen LogP contribution >= 0.6 is 22.9 Å². The maximum Gasteiger partial charge on any atom is 0.337 e. The number of benzene rings is 3. The molecule has 1 N–H and O–H groups in total. The number of methoxy groups -OCH3 is 1. The highest BCUT2D eigenvalue weighted by molar-refractivity contribution is 7.22. The number of aromatic nitrogens is 1. The van der Waals surface area contributed by atoms with Gasteiger partial charge in [-0.15, -0.1) is 0 Å². The number of thiazole rings is 1. The Balaban J connectivity index is 1.65. The fourth-order valence-corrected chi connectivity index (χ4v) is 5.11. The number of carbonyl (C=O) groups is 3. The predicted octanol–water partition coefficient (Wildman–Crippen LogP) is 5.52. The van der Waals surface area contributed by atoms with Crippen LogP contribution in [0.1, 0.15) is 32.3 Å². The fourth-order valence-electron chi connectivity index (χ4n) is 3.99. The number of aliphatic hydroxyl groups is 1. The van der Waals surface area contributed by atoms with Gasteiger partial charge in [-0.05, 0) is 54.1 Å². The van der Waals surface area contributed by atoms with Crippen LogP contribution < -0.4 is 4.90 Å². The molecular formula is C26H17ClN2O5S. The number of ketones is 1. The van der Waals surface area contributed by atoms with Gasteiger partial charge in [0.1, 0.15) is 0 Å². The van der Waals surface area contributed by atoms with Gasteiger partial charge < -0.3 is 9.84 Å². The summed E-state index contributed by atoms with van der Waals surface area (Å²) in [4.78, 5) is 44.7. The van der Waals surface area contributed by atoms with Crippen LogP contribution in [0.25, 0.3) is 10.2 Å². The molecule has 1 amide bonds. The van der Waals surface area contributed by atoms with Crippen LogP contribution in [-0.4, -0.2) is 34.9 Å². The van der Waals surface area contributed by atoms with E-state index >= 15 is 0 Å². The van der Waals surface area contributed by atoms with Crippen LogP contribution in [0.4, 0.5) is 5.13 Å². The van der Waals surface area contributed by atoms with E-state index in [2.05, 4.69) is 4.98 Å². The summed E-state index contributed by atoms with van der Waals surface area (Å²) >= 11 is 7.24. The summed E-state index contributed by atoms with van der Waals surface area (Å²) in [6, 6.07) is 19.0. The molecule has 9 heteroatoms. The molecule has 35 heavy (non-hydrogen) atoms. The largest absolute Gasteiger partial charge is 0.503 e. The first-order valence-corrected chi connectivity index (χ1v) is 11.7. The van der Waals surface area contributed by atoms with Gasteiger partial charge in [-0.25, -0.2) is 9.78 Å². The number of hydrogen-bond donors (Lipinski definition) is 1. The van der Waals surface area contributed by atoms with Crippen molar-refractivity contribution in [3.63, 3.8) is 0 Å². The van der Waals surface area contributed by atoms with Gasteiger partial charge in [0.15, 0.2) is 16.7 Å². The fraction of sp³-hybridized carbons (Fsp3) is 0.0769. The smallest absolute Gasteiger partial charge is 0.337 e. The van der Waals surface area contributed by atoms with E-state index in [0.29, 0.717) is 26.8 Å². The Morgan fingerprint density at radius 1 is 1.00 bits per heavy atom. The minimum absolute atomic E-state index is 0.0811. The molecule has 0 fully saturated rings. The number of para-hydroxylation sites is 1. The molecule has 0 saturated carbocycles. The Morgan fingerprint density at radius 3 is 2.31 bits per heavy atom. The first-order chi connectivity index (χ1) is 16.9. The van der Waals surface area contributed by atoms with Crippen molar-refractivity contribution in [2.75, 3.05) is 12.0 Å². The number of halogens is 1. The van der Waals surface area contributed by atoms with Crippen molar-refractivity contribution in [3.05, 3.63) is 106 Å². The Hall–Kier alpha value is -4.01. The van der Waals surface area contributed by atoms with E-state index in [4.69, 9.17) is 16.3 Å². The molecule has 3 aromatic carbocycles. The third-order valence-electron chi connectivity index (χ3n) is 5.70. The van der Waals surface area contributed by atoms with Crippen molar-refractivity contribution in [3.8, 4) is 0 Å². The number of aliphatic hydroxyl groups excluding tert-OH is 1. The van der Waals surface area contributed by atoms with Crippen LogP contribution in [0.3, 0.4) is 0 Å². The van der Waals surface area contributed by atoms with Crippen molar-refractivity contribution in [1.29, 1.82) is 0 Å². The lowest BCUT2D eigenvalue weighted by Crippen LogP contribution is -2.31. The number of fused-ring (bicyclic) bond motifs is 1. The molecule has 1 atom stereocenters. The summed E-state index contributed by atoms with van der Waals surface area (Å²) in [6.07, 6.45) is 0. The van der Waals surface area contributed by atoms with Gasteiger partial charge >= 0.3 is 5.97 Å². The average Bonchev–Trinajstić information content (AvgIpc) is 3.42. The Labute approximate surface area is 208 Å². The lowest BCUT2D eigenvalue weighted by Gasteiger charge is -2.24. The molecule has 0 radical (unpaired) electrons. The lowest BCUT2D eigenvalue weighted by atomic mass is 9.92. The van der Waals surface area contributed by atoms with Gasteiger partial charge in [-0.2, -0.15) is 0 Å². The molecule has 0 bridgehead atoms. The monoisotopic (exact) mass is 504 g/mol. The molecule has 0 saturated heterocycles. The summed E-state index contributed by atoms with van der Waals surface area (Å²) in [5.74, 6) is -2.41. The van der Waals surface area contributed by atoms with Crippen molar-refractivity contribution >= 4 is 55.9 Å². The SMILES string of the molecule is COC(=O)c1ccc(C2C(C(=O)c3ccc(Cl)cc3)=C(O)C(=O)N2c2nc3ccccc3s2)cc1. The maximum atomic E-state index is 13.5. The minimum atomic E-state index is -0.960. The first-order valence-electron chi connectivity index (χ1n) is 10.5. The molecular weight excluding hydrogens is 488 g/mol. The number of amides is 1. The number of carbonyl (C=O) groups excluding carboxylic acids is 3. The second-order valence-corrected chi connectivity index (χ2v) is 9.20. The molecule has 1 aliphatic heterocycles. The van der Waals surface area contributed by atoms with E-state index in [-0.39, 0.29) is 11.1 Å². The number of ether oxygens (including phenoxy) is 1. The van der Waals surface area contributed by atoms with Crippen LogP contribution in [0.2, 0.25) is 5.02 Å². The molecule has 1 aromatic heterocycles. The zero-order valence-electron chi connectivity index (χ0n) is 18.3. The number of hydrogen-bond acceptors (Lipinski definition) is 7. The highest BCUT2D eigenvalue weighted by Gasteiger charge is 2.45.